The second-order valence-electron chi connectivity index (χ2n) is 7.80. The predicted molar refractivity (Wildman–Crippen MR) is 110 cm³/mol. The minimum Gasteiger partial charge on any atom is -0.491 e. The number of hydrogen-bond donors (Lipinski definition) is 1. The van der Waals surface area contributed by atoms with Crippen LogP contribution in [-0.2, 0) is 0 Å². The molecule has 0 atom stereocenters. The van der Waals surface area contributed by atoms with Crippen molar-refractivity contribution in [3.05, 3.63) is 48.0 Å². The largest absolute Gasteiger partial charge is 0.491 e. The molecule has 3 aromatic rings. The van der Waals surface area contributed by atoms with E-state index in [-0.39, 0.29) is 11.7 Å². The van der Waals surface area contributed by atoms with Gasteiger partial charge in [-0.15, -0.1) is 0 Å². The molecule has 1 saturated carbocycles. The number of aromatic carboxylic acids is 1. The van der Waals surface area contributed by atoms with Gasteiger partial charge in [0.1, 0.15) is 11.6 Å². The maximum absolute atomic E-state index is 11.4. The van der Waals surface area contributed by atoms with Gasteiger partial charge in [-0.1, -0.05) is 19.3 Å². The number of ether oxygens (including phenoxy) is 1. The number of nitrogens with zero attached hydrogens (tertiary/aromatic N) is 2. The van der Waals surface area contributed by atoms with E-state index in [1.165, 1.54) is 19.3 Å². The lowest BCUT2D eigenvalue weighted by atomic mass is 9.95. The number of carboxylic acid groups (broad SMARTS) is 1. The number of carboxylic acids is 1. The zero-order chi connectivity index (χ0) is 19.7. The maximum Gasteiger partial charge on any atom is 0.335 e. The van der Waals surface area contributed by atoms with Crippen molar-refractivity contribution >= 4 is 17.0 Å². The van der Waals surface area contributed by atoms with Crippen LogP contribution in [0.4, 0.5) is 0 Å². The summed E-state index contributed by atoms with van der Waals surface area (Å²) in [4.78, 5) is 16.2. The smallest absolute Gasteiger partial charge is 0.335 e. The molecule has 0 radical (unpaired) electrons. The summed E-state index contributed by atoms with van der Waals surface area (Å²) in [7, 11) is 0. The van der Waals surface area contributed by atoms with E-state index >= 15 is 0 Å². The first-order valence-electron chi connectivity index (χ1n) is 10.1. The van der Waals surface area contributed by atoms with Crippen LogP contribution >= 0.6 is 0 Å². The van der Waals surface area contributed by atoms with E-state index in [2.05, 4.69) is 4.57 Å². The minimum atomic E-state index is -0.925. The molecule has 4 rings (SSSR count). The number of benzene rings is 2. The zero-order valence-corrected chi connectivity index (χ0v) is 16.4. The van der Waals surface area contributed by atoms with E-state index in [0.29, 0.717) is 6.04 Å². The first-order chi connectivity index (χ1) is 13.5. The molecule has 0 aliphatic heterocycles. The van der Waals surface area contributed by atoms with E-state index in [0.717, 1.165) is 41.0 Å². The molecule has 1 heterocycles. The number of hydrogen-bond acceptors (Lipinski definition) is 3. The van der Waals surface area contributed by atoms with Crippen molar-refractivity contribution in [3.8, 4) is 17.1 Å². The maximum atomic E-state index is 11.4. The van der Waals surface area contributed by atoms with E-state index in [4.69, 9.17) is 9.72 Å². The molecule has 0 bridgehead atoms. The normalized spacial score (nSPS) is 15.2. The first kappa shape index (κ1) is 18.5. The standard InChI is InChI=1S/C23H26N2O3/c1-15(2)28-19-11-8-16(9-12-19)22-24-20-14-17(23(26)27)10-13-21(20)25(22)18-6-4-3-5-7-18/h8-15,18H,3-7H2,1-2H3,(H,26,27). The molecular weight excluding hydrogens is 352 g/mol. The molecule has 146 valence electrons. The predicted octanol–water partition coefficient (Wildman–Crippen LogP) is 5.69. The third kappa shape index (κ3) is 3.61. The van der Waals surface area contributed by atoms with Crippen molar-refractivity contribution < 1.29 is 14.6 Å². The Hall–Kier alpha value is -2.82. The molecule has 1 N–H and O–H groups in total. The van der Waals surface area contributed by atoms with E-state index in [9.17, 15) is 9.90 Å². The van der Waals surface area contributed by atoms with Crippen molar-refractivity contribution in [3.63, 3.8) is 0 Å². The highest BCUT2D eigenvalue weighted by Crippen LogP contribution is 2.36. The van der Waals surface area contributed by atoms with Crippen LogP contribution in [0.3, 0.4) is 0 Å². The summed E-state index contributed by atoms with van der Waals surface area (Å²) in [6.07, 6.45) is 6.12. The van der Waals surface area contributed by atoms with Gasteiger partial charge in [0.15, 0.2) is 0 Å². The molecule has 1 fully saturated rings. The summed E-state index contributed by atoms with van der Waals surface area (Å²) >= 11 is 0. The van der Waals surface area contributed by atoms with Gasteiger partial charge >= 0.3 is 5.97 Å². The Morgan fingerprint density at radius 2 is 1.82 bits per heavy atom. The number of aromatic nitrogens is 2. The molecule has 2 aromatic carbocycles. The molecule has 0 unspecified atom stereocenters. The molecular formula is C23H26N2O3. The lowest BCUT2D eigenvalue weighted by Gasteiger charge is -2.25. The molecule has 28 heavy (non-hydrogen) atoms. The van der Waals surface area contributed by atoms with Crippen molar-refractivity contribution in [2.75, 3.05) is 0 Å². The van der Waals surface area contributed by atoms with Gasteiger partial charge in [-0.2, -0.15) is 0 Å². The van der Waals surface area contributed by atoms with Crippen LogP contribution in [0.15, 0.2) is 42.5 Å². The lowest BCUT2D eigenvalue weighted by Crippen LogP contribution is -2.14. The van der Waals surface area contributed by atoms with Gasteiger partial charge in [0, 0.05) is 11.6 Å². The Morgan fingerprint density at radius 3 is 2.46 bits per heavy atom. The molecule has 1 aromatic heterocycles. The number of fused-ring (bicyclic) bond motifs is 1. The Labute approximate surface area is 165 Å². The summed E-state index contributed by atoms with van der Waals surface area (Å²) < 4.78 is 8.08. The van der Waals surface area contributed by atoms with Crippen LogP contribution in [-0.4, -0.2) is 26.7 Å². The van der Waals surface area contributed by atoms with Crippen molar-refractivity contribution in [2.24, 2.45) is 0 Å². The number of carbonyl (C=O) groups is 1. The molecule has 1 aliphatic carbocycles. The Kier molecular flexibility index (Phi) is 5.07. The average Bonchev–Trinajstić information content (AvgIpc) is 3.07. The number of imidazole rings is 1. The fourth-order valence-electron chi connectivity index (χ4n) is 4.10. The van der Waals surface area contributed by atoms with Gasteiger partial charge in [-0.05, 0) is 69.2 Å². The first-order valence-corrected chi connectivity index (χ1v) is 10.1. The van der Waals surface area contributed by atoms with E-state index < -0.39 is 5.97 Å². The lowest BCUT2D eigenvalue weighted by molar-refractivity contribution is 0.0697. The van der Waals surface area contributed by atoms with Crippen LogP contribution in [0.5, 0.6) is 5.75 Å². The molecule has 0 spiro atoms. The van der Waals surface area contributed by atoms with Gasteiger partial charge < -0.3 is 14.4 Å². The summed E-state index contributed by atoms with van der Waals surface area (Å²) in [5.41, 5.74) is 3.04. The van der Waals surface area contributed by atoms with E-state index in [1.54, 1.807) is 12.1 Å². The fraction of sp³-hybridized carbons (Fsp3) is 0.391. The van der Waals surface area contributed by atoms with Crippen LogP contribution in [0.1, 0.15) is 62.4 Å². The summed E-state index contributed by atoms with van der Waals surface area (Å²) in [5, 5.41) is 9.34. The highest BCUT2D eigenvalue weighted by Gasteiger charge is 2.23. The van der Waals surface area contributed by atoms with Crippen LogP contribution in [0.25, 0.3) is 22.4 Å². The van der Waals surface area contributed by atoms with Gasteiger partial charge in [-0.25, -0.2) is 9.78 Å². The monoisotopic (exact) mass is 378 g/mol. The van der Waals surface area contributed by atoms with Crippen LogP contribution < -0.4 is 4.74 Å². The quantitative estimate of drug-likeness (QED) is 0.619. The SMILES string of the molecule is CC(C)Oc1ccc(-c2nc3cc(C(=O)O)ccc3n2C2CCCCC2)cc1. The zero-order valence-electron chi connectivity index (χ0n) is 16.4. The summed E-state index contributed by atoms with van der Waals surface area (Å²) in [6.45, 7) is 4.02. The molecule has 5 heteroatoms. The molecule has 5 nitrogen and oxygen atoms in total. The minimum absolute atomic E-state index is 0.132. The van der Waals surface area contributed by atoms with Crippen molar-refractivity contribution in [2.45, 2.75) is 58.1 Å². The summed E-state index contributed by atoms with van der Waals surface area (Å²) in [5.74, 6) is 0.818. The Bertz CT molecular complexity index is 983. The molecule has 0 amide bonds. The average molecular weight is 378 g/mol. The van der Waals surface area contributed by atoms with Crippen molar-refractivity contribution in [1.82, 2.24) is 9.55 Å². The number of rotatable bonds is 5. The van der Waals surface area contributed by atoms with Gasteiger partial charge in [-0.3, -0.25) is 0 Å². The van der Waals surface area contributed by atoms with Crippen LogP contribution in [0.2, 0.25) is 0 Å². The summed E-state index contributed by atoms with van der Waals surface area (Å²) in [6, 6.07) is 13.7. The van der Waals surface area contributed by atoms with E-state index in [1.807, 2.05) is 44.2 Å². The highest BCUT2D eigenvalue weighted by molar-refractivity contribution is 5.93. The second kappa shape index (κ2) is 7.66. The van der Waals surface area contributed by atoms with Crippen LogP contribution in [0, 0.1) is 0 Å². The molecule has 0 saturated heterocycles. The second-order valence-corrected chi connectivity index (χ2v) is 7.80. The Balaban J connectivity index is 1.82. The van der Waals surface area contributed by atoms with Gasteiger partial charge in [0.25, 0.3) is 0 Å². The molecule has 1 aliphatic rings. The van der Waals surface area contributed by atoms with Gasteiger partial charge in [0.05, 0.1) is 22.7 Å². The Morgan fingerprint density at radius 1 is 1.11 bits per heavy atom. The topological polar surface area (TPSA) is 64.3 Å². The third-order valence-electron chi connectivity index (χ3n) is 5.36. The highest BCUT2D eigenvalue weighted by atomic mass is 16.5. The van der Waals surface area contributed by atoms with Gasteiger partial charge in [0.2, 0.25) is 0 Å². The third-order valence-corrected chi connectivity index (χ3v) is 5.36. The van der Waals surface area contributed by atoms with Crippen molar-refractivity contribution in [1.29, 1.82) is 0 Å². The fourth-order valence-corrected chi connectivity index (χ4v) is 4.10.